The van der Waals surface area contributed by atoms with Gasteiger partial charge in [-0.1, -0.05) is 13.3 Å². The Labute approximate surface area is 83.2 Å². The van der Waals surface area contributed by atoms with Crippen molar-refractivity contribution < 1.29 is 4.79 Å². The summed E-state index contributed by atoms with van der Waals surface area (Å²) in [5.74, 6) is 0.154. The zero-order valence-corrected chi connectivity index (χ0v) is 8.23. The number of imidazole rings is 1. The van der Waals surface area contributed by atoms with E-state index in [1.807, 2.05) is 13.0 Å². The van der Waals surface area contributed by atoms with E-state index < -0.39 is 0 Å². The number of nitriles is 1. The van der Waals surface area contributed by atoms with Gasteiger partial charge in [0.1, 0.15) is 11.8 Å². The molecule has 0 saturated carbocycles. The summed E-state index contributed by atoms with van der Waals surface area (Å²) in [5.41, 5.74) is 0.440. The molecule has 0 saturated heterocycles. The van der Waals surface area contributed by atoms with Gasteiger partial charge in [0.2, 0.25) is 0 Å². The van der Waals surface area contributed by atoms with Gasteiger partial charge in [0, 0.05) is 6.42 Å². The van der Waals surface area contributed by atoms with Crippen LogP contribution in [0.1, 0.15) is 31.9 Å². The van der Waals surface area contributed by atoms with Crippen molar-refractivity contribution in [1.82, 2.24) is 9.55 Å². The topological polar surface area (TPSA) is 58.7 Å². The van der Waals surface area contributed by atoms with E-state index in [1.54, 1.807) is 4.57 Å². The van der Waals surface area contributed by atoms with Crippen LogP contribution in [0.25, 0.3) is 0 Å². The molecule has 4 heteroatoms. The molecule has 14 heavy (non-hydrogen) atoms. The van der Waals surface area contributed by atoms with Gasteiger partial charge in [-0.3, -0.25) is 4.79 Å². The van der Waals surface area contributed by atoms with Crippen LogP contribution in [-0.4, -0.2) is 15.3 Å². The first-order valence-corrected chi connectivity index (χ1v) is 4.70. The van der Waals surface area contributed by atoms with Crippen molar-refractivity contribution >= 4 is 5.78 Å². The second-order valence-corrected chi connectivity index (χ2v) is 3.16. The molecule has 0 aliphatic carbocycles. The number of carbonyl (C=O) groups excluding carboxylic acids is 1. The minimum Gasteiger partial charge on any atom is -0.315 e. The first-order valence-electron chi connectivity index (χ1n) is 4.70. The lowest BCUT2D eigenvalue weighted by Gasteiger charge is -2.01. The average Bonchev–Trinajstić information content (AvgIpc) is 2.62. The quantitative estimate of drug-likeness (QED) is 0.708. The molecule has 0 atom stereocenters. The van der Waals surface area contributed by atoms with Gasteiger partial charge in [-0.05, 0) is 6.42 Å². The molecule has 0 spiro atoms. The van der Waals surface area contributed by atoms with Crippen LogP contribution in [0.2, 0.25) is 0 Å². The van der Waals surface area contributed by atoms with Crippen LogP contribution in [0.3, 0.4) is 0 Å². The standard InChI is InChI=1S/C10H13N3O/c1-2-3-4-10(14)7-13-8-12-6-9(13)5-11/h6,8H,2-4,7H2,1H3. The maximum absolute atomic E-state index is 11.4. The number of aromatic nitrogens is 2. The molecular formula is C10H13N3O. The Balaban J connectivity index is 2.52. The van der Waals surface area contributed by atoms with Gasteiger partial charge in [0.05, 0.1) is 19.1 Å². The van der Waals surface area contributed by atoms with Gasteiger partial charge in [0.25, 0.3) is 0 Å². The van der Waals surface area contributed by atoms with Gasteiger partial charge < -0.3 is 4.57 Å². The van der Waals surface area contributed by atoms with Crippen LogP contribution in [0.5, 0.6) is 0 Å². The Hall–Kier alpha value is -1.63. The third kappa shape index (κ3) is 2.70. The Bertz CT molecular complexity index is 348. The van der Waals surface area contributed by atoms with E-state index in [0.29, 0.717) is 12.1 Å². The van der Waals surface area contributed by atoms with E-state index in [9.17, 15) is 4.79 Å². The van der Waals surface area contributed by atoms with Crippen LogP contribution in [0.4, 0.5) is 0 Å². The summed E-state index contributed by atoms with van der Waals surface area (Å²) in [6.07, 6.45) is 5.49. The molecule has 74 valence electrons. The molecule has 0 bridgehead atoms. The van der Waals surface area contributed by atoms with Gasteiger partial charge in [-0.25, -0.2) is 4.98 Å². The van der Waals surface area contributed by atoms with Crippen LogP contribution < -0.4 is 0 Å². The zero-order valence-electron chi connectivity index (χ0n) is 8.23. The van der Waals surface area contributed by atoms with E-state index in [-0.39, 0.29) is 12.3 Å². The third-order valence-corrected chi connectivity index (χ3v) is 1.98. The van der Waals surface area contributed by atoms with Crippen molar-refractivity contribution in [1.29, 1.82) is 5.26 Å². The number of hydrogen-bond donors (Lipinski definition) is 0. The summed E-state index contributed by atoms with van der Waals surface area (Å²) >= 11 is 0. The predicted molar refractivity (Wildman–Crippen MR) is 51.5 cm³/mol. The van der Waals surface area contributed by atoms with Gasteiger partial charge in [-0.15, -0.1) is 0 Å². The fourth-order valence-corrected chi connectivity index (χ4v) is 1.18. The Morgan fingerprint density at radius 1 is 1.71 bits per heavy atom. The maximum Gasteiger partial charge on any atom is 0.152 e. The molecule has 1 aromatic heterocycles. The van der Waals surface area contributed by atoms with Crippen molar-refractivity contribution in [2.45, 2.75) is 32.7 Å². The second-order valence-electron chi connectivity index (χ2n) is 3.16. The van der Waals surface area contributed by atoms with Crippen LogP contribution in [0, 0.1) is 11.3 Å². The van der Waals surface area contributed by atoms with Crippen molar-refractivity contribution in [3.63, 3.8) is 0 Å². The summed E-state index contributed by atoms with van der Waals surface area (Å²) < 4.78 is 1.58. The highest BCUT2D eigenvalue weighted by Crippen LogP contribution is 2.01. The van der Waals surface area contributed by atoms with Gasteiger partial charge in [0.15, 0.2) is 5.78 Å². The summed E-state index contributed by atoms with van der Waals surface area (Å²) in [7, 11) is 0. The van der Waals surface area contributed by atoms with Crippen LogP contribution in [-0.2, 0) is 11.3 Å². The molecule has 0 aliphatic rings. The fraction of sp³-hybridized carbons (Fsp3) is 0.500. The summed E-state index contributed by atoms with van der Waals surface area (Å²) in [6, 6.07) is 1.99. The van der Waals surface area contributed by atoms with E-state index in [0.717, 1.165) is 12.8 Å². The molecule has 4 nitrogen and oxygen atoms in total. The van der Waals surface area contributed by atoms with E-state index in [4.69, 9.17) is 5.26 Å². The lowest BCUT2D eigenvalue weighted by Crippen LogP contribution is -2.10. The number of hydrogen-bond acceptors (Lipinski definition) is 3. The molecular weight excluding hydrogens is 178 g/mol. The van der Waals surface area contributed by atoms with Crippen LogP contribution in [0.15, 0.2) is 12.5 Å². The molecule has 0 radical (unpaired) electrons. The highest BCUT2D eigenvalue weighted by molar-refractivity contribution is 5.78. The molecule has 0 aromatic carbocycles. The maximum atomic E-state index is 11.4. The lowest BCUT2D eigenvalue weighted by atomic mass is 10.2. The first kappa shape index (κ1) is 10.5. The highest BCUT2D eigenvalue weighted by Gasteiger charge is 2.05. The minimum atomic E-state index is 0.154. The Kier molecular flexibility index (Phi) is 3.86. The normalized spacial score (nSPS) is 9.71. The van der Waals surface area contributed by atoms with Crippen molar-refractivity contribution in [2.75, 3.05) is 0 Å². The number of rotatable bonds is 5. The molecule has 0 N–H and O–H groups in total. The summed E-state index contributed by atoms with van der Waals surface area (Å²) in [5, 5.41) is 8.67. The summed E-state index contributed by atoms with van der Waals surface area (Å²) in [4.78, 5) is 15.2. The largest absolute Gasteiger partial charge is 0.315 e. The molecule has 1 heterocycles. The smallest absolute Gasteiger partial charge is 0.152 e. The van der Waals surface area contributed by atoms with Crippen molar-refractivity contribution in [3.8, 4) is 6.07 Å². The molecule has 1 aromatic rings. The predicted octanol–water partition coefficient (Wildman–Crippen LogP) is 1.51. The van der Waals surface area contributed by atoms with Crippen molar-refractivity contribution in [2.24, 2.45) is 0 Å². The lowest BCUT2D eigenvalue weighted by molar-refractivity contribution is -0.119. The molecule has 0 amide bonds. The number of Topliss-reactive ketones (excluding diaryl/α,β-unsaturated/α-hetero) is 1. The monoisotopic (exact) mass is 191 g/mol. The van der Waals surface area contributed by atoms with E-state index in [1.165, 1.54) is 12.5 Å². The average molecular weight is 191 g/mol. The van der Waals surface area contributed by atoms with E-state index >= 15 is 0 Å². The summed E-state index contributed by atoms with van der Waals surface area (Å²) in [6.45, 7) is 2.31. The fourth-order valence-electron chi connectivity index (χ4n) is 1.18. The number of carbonyl (C=O) groups is 1. The second kappa shape index (κ2) is 5.18. The van der Waals surface area contributed by atoms with Crippen molar-refractivity contribution in [3.05, 3.63) is 18.2 Å². The molecule has 0 aliphatic heterocycles. The minimum absolute atomic E-state index is 0.154. The number of unbranched alkanes of at least 4 members (excludes halogenated alkanes) is 1. The molecule has 0 fully saturated rings. The zero-order chi connectivity index (χ0) is 10.4. The third-order valence-electron chi connectivity index (χ3n) is 1.98. The number of nitrogens with zero attached hydrogens (tertiary/aromatic N) is 3. The first-order chi connectivity index (χ1) is 6.77. The Morgan fingerprint density at radius 2 is 2.50 bits per heavy atom. The SMILES string of the molecule is CCCCC(=O)Cn1cncc1C#N. The van der Waals surface area contributed by atoms with Gasteiger partial charge in [-0.2, -0.15) is 5.26 Å². The van der Waals surface area contributed by atoms with E-state index in [2.05, 4.69) is 4.98 Å². The van der Waals surface area contributed by atoms with Crippen LogP contribution >= 0.6 is 0 Å². The molecule has 0 unspecified atom stereocenters. The van der Waals surface area contributed by atoms with Gasteiger partial charge >= 0.3 is 0 Å². The number of ketones is 1. The Morgan fingerprint density at radius 3 is 3.14 bits per heavy atom. The highest BCUT2D eigenvalue weighted by atomic mass is 16.1. The molecule has 1 rings (SSSR count).